The third-order valence-electron chi connectivity index (χ3n) is 3.37. The smallest absolute Gasteiger partial charge is 0.191 e. The lowest BCUT2D eigenvalue weighted by Crippen LogP contribution is -2.25. The number of para-hydroxylation sites is 1. The number of thiophene rings is 1. The number of Topliss-reactive ketones (excluding diaryl/α,β-unsaturated/α-hetero) is 1. The molecule has 0 radical (unpaired) electrons. The van der Waals surface area contributed by atoms with Crippen molar-refractivity contribution in [1.29, 1.82) is 0 Å². The van der Waals surface area contributed by atoms with Gasteiger partial charge in [-0.2, -0.15) is 0 Å². The van der Waals surface area contributed by atoms with Crippen LogP contribution in [-0.4, -0.2) is 24.4 Å². The predicted molar refractivity (Wildman–Crippen MR) is 85.0 cm³/mol. The van der Waals surface area contributed by atoms with Crippen molar-refractivity contribution in [2.45, 2.75) is 6.92 Å². The minimum Gasteiger partial charge on any atom is -0.365 e. The van der Waals surface area contributed by atoms with Crippen molar-refractivity contribution < 1.29 is 4.79 Å². The van der Waals surface area contributed by atoms with Crippen molar-refractivity contribution in [2.24, 2.45) is 0 Å². The van der Waals surface area contributed by atoms with Crippen LogP contribution in [0.4, 0.5) is 5.69 Å². The number of hydrogen-bond acceptors (Lipinski definition) is 3. The van der Waals surface area contributed by atoms with Gasteiger partial charge in [0.15, 0.2) is 5.78 Å². The molecule has 0 aliphatic heterocycles. The van der Waals surface area contributed by atoms with E-state index in [-0.39, 0.29) is 5.78 Å². The summed E-state index contributed by atoms with van der Waals surface area (Å²) in [5.41, 5.74) is 2.12. The Balaban J connectivity index is 1.84. The van der Waals surface area contributed by atoms with Gasteiger partial charge in [0.25, 0.3) is 0 Å². The van der Waals surface area contributed by atoms with Crippen LogP contribution in [0.5, 0.6) is 0 Å². The number of carbonyl (C=O) groups is 1. The third kappa shape index (κ3) is 2.34. The highest BCUT2D eigenvalue weighted by Crippen LogP contribution is 2.25. The largest absolute Gasteiger partial charge is 0.365 e. The molecule has 0 unspecified atom stereocenters. The molecule has 0 saturated carbocycles. The van der Waals surface area contributed by atoms with Crippen LogP contribution in [0, 0.1) is 6.92 Å². The number of benzene rings is 1. The van der Waals surface area contributed by atoms with E-state index in [1.165, 1.54) is 4.88 Å². The Morgan fingerprint density at radius 3 is 2.85 bits per heavy atom. The van der Waals surface area contributed by atoms with Gasteiger partial charge in [-0.25, -0.2) is 0 Å². The lowest BCUT2D eigenvalue weighted by molar-refractivity contribution is 0.100. The van der Waals surface area contributed by atoms with Gasteiger partial charge in [0.1, 0.15) is 0 Å². The molecular formula is C16H16N2OS. The Morgan fingerprint density at radius 1 is 1.25 bits per heavy atom. The molecule has 3 nitrogen and oxygen atoms in total. The number of nitrogens with zero attached hydrogens (tertiary/aromatic N) is 1. The summed E-state index contributed by atoms with van der Waals surface area (Å²) in [5, 5.41) is 1.16. The molecule has 0 aliphatic carbocycles. The number of fused-ring (bicyclic) bond motifs is 1. The second-order valence-electron chi connectivity index (χ2n) is 4.91. The molecule has 0 atom stereocenters. The third-order valence-corrected chi connectivity index (χ3v) is 4.41. The molecule has 2 heterocycles. The van der Waals surface area contributed by atoms with Crippen molar-refractivity contribution in [3.8, 4) is 0 Å². The first-order chi connectivity index (χ1) is 9.65. The van der Waals surface area contributed by atoms with Crippen molar-refractivity contribution in [3.63, 3.8) is 0 Å². The number of nitrogens with one attached hydrogen (secondary N) is 1. The van der Waals surface area contributed by atoms with E-state index < -0.39 is 0 Å². The molecule has 20 heavy (non-hydrogen) atoms. The summed E-state index contributed by atoms with van der Waals surface area (Å²) in [5.74, 6) is 0.161. The quantitative estimate of drug-likeness (QED) is 0.739. The topological polar surface area (TPSA) is 36.1 Å². The number of likely N-dealkylation sites (N-methyl/N-ethyl adjacent to an activating group) is 1. The van der Waals surface area contributed by atoms with Crippen LogP contribution in [-0.2, 0) is 0 Å². The summed E-state index contributed by atoms with van der Waals surface area (Å²) in [4.78, 5) is 19.5. The number of carbonyl (C=O) groups excluding carboxylic acids is 1. The van der Waals surface area contributed by atoms with Crippen LogP contribution < -0.4 is 4.90 Å². The Labute approximate surface area is 121 Å². The minimum absolute atomic E-state index is 0.161. The minimum atomic E-state index is 0.161. The maximum absolute atomic E-state index is 12.3. The highest BCUT2D eigenvalue weighted by molar-refractivity contribution is 7.14. The van der Waals surface area contributed by atoms with Crippen LogP contribution in [0.15, 0.2) is 42.6 Å². The van der Waals surface area contributed by atoms with Gasteiger partial charge in [0.05, 0.1) is 22.6 Å². The summed E-state index contributed by atoms with van der Waals surface area (Å²) >= 11 is 1.55. The number of H-pyrrole nitrogens is 1. The average molecular weight is 284 g/mol. The van der Waals surface area contributed by atoms with Crippen molar-refractivity contribution in [1.82, 2.24) is 4.98 Å². The standard InChI is InChI=1S/C16H16N2OS/c1-11-6-7-15(20-11)14(19)10-18(2)13-5-3-4-12-8-9-17-16(12)13/h3-9,17H,10H2,1-2H3. The van der Waals surface area contributed by atoms with E-state index in [4.69, 9.17) is 0 Å². The Hall–Kier alpha value is -2.07. The molecule has 2 aromatic heterocycles. The summed E-state index contributed by atoms with van der Waals surface area (Å²) in [6.45, 7) is 2.41. The summed E-state index contributed by atoms with van der Waals surface area (Å²) in [6, 6.07) is 12.0. The molecule has 1 aromatic carbocycles. The van der Waals surface area contributed by atoms with Gasteiger partial charge in [-0.05, 0) is 31.2 Å². The van der Waals surface area contributed by atoms with Gasteiger partial charge in [0, 0.05) is 23.5 Å². The molecule has 3 aromatic rings. The van der Waals surface area contributed by atoms with Gasteiger partial charge in [-0.15, -0.1) is 11.3 Å². The van der Waals surface area contributed by atoms with Crippen LogP contribution in [0.3, 0.4) is 0 Å². The van der Waals surface area contributed by atoms with Gasteiger partial charge < -0.3 is 9.88 Å². The Kier molecular flexibility index (Phi) is 3.32. The Morgan fingerprint density at radius 2 is 2.10 bits per heavy atom. The monoisotopic (exact) mass is 284 g/mol. The summed E-state index contributed by atoms with van der Waals surface area (Å²) in [6.07, 6.45) is 1.92. The van der Waals surface area contributed by atoms with Crippen molar-refractivity contribution in [2.75, 3.05) is 18.5 Å². The number of hydrogen-bond donors (Lipinski definition) is 1. The molecule has 0 aliphatic rings. The summed E-state index contributed by atoms with van der Waals surface area (Å²) < 4.78 is 0. The zero-order valence-corrected chi connectivity index (χ0v) is 12.3. The van der Waals surface area contributed by atoms with Gasteiger partial charge in [0.2, 0.25) is 0 Å². The van der Waals surface area contributed by atoms with Crippen LogP contribution >= 0.6 is 11.3 Å². The van der Waals surface area contributed by atoms with Crippen molar-refractivity contribution in [3.05, 3.63) is 52.3 Å². The molecular weight excluding hydrogens is 268 g/mol. The van der Waals surface area contributed by atoms with Gasteiger partial charge in [-0.3, -0.25) is 4.79 Å². The zero-order valence-electron chi connectivity index (χ0n) is 11.5. The van der Waals surface area contributed by atoms with E-state index in [2.05, 4.69) is 11.1 Å². The maximum Gasteiger partial charge on any atom is 0.191 e. The lowest BCUT2D eigenvalue weighted by Gasteiger charge is -2.19. The number of ketones is 1. The second kappa shape index (κ2) is 5.13. The molecule has 0 spiro atoms. The molecule has 4 heteroatoms. The molecule has 0 amide bonds. The van der Waals surface area contributed by atoms with E-state index >= 15 is 0 Å². The molecule has 102 valence electrons. The fraction of sp³-hybridized carbons (Fsp3) is 0.188. The van der Waals surface area contributed by atoms with Gasteiger partial charge in [-0.1, -0.05) is 12.1 Å². The maximum atomic E-state index is 12.3. The molecule has 0 saturated heterocycles. The first kappa shape index (κ1) is 12.9. The highest BCUT2D eigenvalue weighted by atomic mass is 32.1. The number of aromatic amines is 1. The second-order valence-corrected chi connectivity index (χ2v) is 6.20. The van der Waals surface area contributed by atoms with E-state index in [0.717, 1.165) is 21.5 Å². The molecule has 0 fully saturated rings. The predicted octanol–water partition coefficient (Wildman–Crippen LogP) is 3.86. The first-order valence-electron chi connectivity index (χ1n) is 6.52. The SMILES string of the molecule is Cc1ccc(C(=O)CN(C)c2cccc3cc[nH]c23)s1. The fourth-order valence-electron chi connectivity index (χ4n) is 2.35. The number of anilines is 1. The van der Waals surface area contributed by atoms with Crippen LogP contribution in [0.1, 0.15) is 14.5 Å². The van der Waals surface area contributed by atoms with Crippen LogP contribution in [0.25, 0.3) is 10.9 Å². The van der Waals surface area contributed by atoms with Gasteiger partial charge >= 0.3 is 0 Å². The molecule has 1 N–H and O–H groups in total. The zero-order chi connectivity index (χ0) is 14.1. The lowest BCUT2D eigenvalue weighted by atomic mass is 10.2. The van der Waals surface area contributed by atoms with E-state index in [1.54, 1.807) is 11.3 Å². The molecule has 3 rings (SSSR count). The Bertz CT molecular complexity index is 757. The average Bonchev–Trinajstić information content (AvgIpc) is 3.06. The van der Waals surface area contributed by atoms with Crippen molar-refractivity contribution >= 4 is 33.7 Å². The van der Waals surface area contributed by atoms with E-state index in [1.807, 2.05) is 55.4 Å². The highest BCUT2D eigenvalue weighted by Gasteiger charge is 2.13. The number of aromatic nitrogens is 1. The summed E-state index contributed by atoms with van der Waals surface area (Å²) in [7, 11) is 1.95. The fourth-order valence-corrected chi connectivity index (χ4v) is 3.15. The number of rotatable bonds is 4. The first-order valence-corrected chi connectivity index (χ1v) is 7.33. The van der Waals surface area contributed by atoms with Crippen LogP contribution in [0.2, 0.25) is 0 Å². The number of aryl methyl sites for hydroxylation is 1. The van der Waals surface area contributed by atoms with E-state index in [0.29, 0.717) is 6.54 Å². The van der Waals surface area contributed by atoms with E-state index in [9.17, 15) is 4.79 Å². The molecule has 0 bridgehead atoms. The normalized spacial score (nSPS) is 10.9.